The fourth-order valence-corrected chi connectivity index (χ4v) is 5.45. The first-order valence-electron chi connectivity index (χ1n) is 15.5. The predicted molar refractivity (Wildman–Crippen MR) is 186 cm³/mol. The second-order valence-corrected chi connectivity index (χ2v) is 15.7. The summed E-state index contributed by atoms with van der Waals surface area (Å²) in [6.07, 6.45) is 1.87. The summed E-state index contributed by atoms with van der Waals surface area (Å²) in [5.41, 5.74) is 0.456. The zero-order chi connectivity index (χ0) is 36.1. The zero-order valence-electron chi connectivity index (χ0n) is 28.9. The fourth-order valence-electron chi connectivity index (χ4n) is 4.75. The van der Waals surface area contributed by atoms with E-state index < -0.39 is 27.7 Å². The van der Waals surface area contributed by atoms with Gasteiger partial charge in [-0.05, 0) is 62.1 Å². The number of nitrogens with one attached hydrogen (secondary N) is 2. The molecule has 1 saturated heterocycles. The van der Waals surface area contributed by atoms with Gasteiger partial charge in [0.2, 0.25) is 15.9 Å². The van der Waals surface area contributed by atoms with E-state index >= 15 is 0 Å². The van der Waals surface area contributed by atoms with Gasteiger partial charge < -0.3 is 24.4 Å². The lowest BCUT2D eigenvalue weighted by Crippen LogP contribution is -2.47. The van der Waals surface area contributed by atoms with Crippen LogP contribution in [0.1, 0.15) is 63.3 Å². The van der Waals surface area contributed by atoms with Crippen molar-refractivity contribution in [3.63, 3.8) is 0 Å². The lowest BCUT2D eigenvalue weighted by atomic mass is 9.86. The summed E-state index contributed by atoms with van der Waals surface area (Å²) >= 11 is 6.45. The maximum Gasteiger partial charge on any atom is 0.528 e. The first kappa shape index (κ1) is 37.6. The standard InChI is InChI=1S/C33H43ClN6O8S/c1-32(2,3)22-18-24(29(45-7)25(19-22)38-49(8,43)44)36-30(41)21-9-10-23(34)26(17-21)46-28-11-12-35-27(37-28)20-39-13-15-40(16-14-39)48-31(42)47-33(4,5)6/h9-12,17-19,38H,13-16,20H2,1-8H3,(H,36,41). The molecule has 49 heavy (non-hydrogen) atoms. The highest BCUT2D eigenvalue weighted by Crippen LogP contribution is 2.39. The Hall–Kier alpha value is -4.18. The number of piperazine rings is 1. The molecular formula is C33H43ClN6O8S. The van der Waals surface area contributed by atoms with E-state index in [-0.39, 0.29) is 44.8 Å². The number of halogens is 1. The van der Waals surface area contributed by atoms with Gasteiger partial charge in [-0.1, -0.05) is 32.4 Å². The van der Waals surface area contributed by atoms with Gasteiger partial charge in [0.25, 0.3) is 5.91 Å². The molecule has 0 saturated carbocycles. The normalized spacial score (nSPS) is 14.6. The molecule has 2 N–H and O–H groups in total. The fraction of sp³-hybridized carbons (Fsp3) is 0.455. The van der Waals surface area contributed by atoms with E-state index in [1.165, 1.54) is 25.3 Å². The van der Waals surface area contributed by atoms with E-state index in [1.807, 2.05) is 20.8 Å². The number of benzene rings is 2. The van der Waals surface area contributed by atoms with E-state index in [9.17, 15) is 18.0 Å². The third-order valence-corrected chi connectivity index (χ3v) is 7.98. The third-order valence-electron chi connectivity index (χ3n) is 7.08. The topological polar surface area (TPSA) is 162 Å². The minimum Gasteiger partial charge on any atom is -0.492 e. The first-order chi connectivity index (χ1) is 22.8. The second kappa shape index (κ2) is 15.2. The quantitative estimate of drug-likeness (QED) is 0.242. The number of amides is 1. The van der Waals surface area contributed by atoms with Crippen LogP contribution in [0.4, 0.5) is 16.2 Å². The van der Waals surface area contributed by atoms with E-state index in [1.54, 1.807) is 50.2 Å². The molecule has 0 bridgehead atoms. The van der Waals surface area contributed by atoms with E-state index in [4.69, 9.17) is 30.6 Å². The van der Waals surface area contributed by atoms with Gasteiger partial charge in [0.1, 0.15) is 17.2 Å². The van der Waals surface area contributed by atoms with E-state index in [2.05, 4.69) is 24.9 Å². The van der Waals surface area contributed by atoms with Crippen molar-refractivity contribution in [1.29, 1.82) is 0 Å². The Balaban J connectivity index is 1.45. The highest BCUT2D eigenvalue weighted by Gasteiger charge is 2.25. The Kier molecular flexibility index (Phi) is 11.6. The molecule has 266 valence electrons. The molecule has 2 aromatic carbocycles. The summed E-state index contributed by atoms with van der Waals surface area (Å²) in [4.78, 5) is 41.8. The molecule has 3 aromatic rings. The van der Waals surface area contributed by atoms with Crippen LogP contribution in [0.2, 0.25) is 5.02 Å². The van der Waals surface area contributed by atoms with Gasteiger partial charge >= 0.3 is 6.16 Å². The number of hydroxylamine groups is 2. The lowest BCUT2D eigenvalue weighted by Gasteiger charge is -2.33. The molecule has 1 aromatic heterocycles. The van der Waals surface area contributed by atoms with Crippen LogP contribution in [0.25, 0.3) is 0 Å². The largest absolute Gasteiger partial charge is 0.528 e. The maximum absolute atomic E-state index is 13.5. The number of anilines is 2. The van der Waals surface area contributed by atoms with Crippen LogP contribution in [0.5, 0.6) is 17.4 Å². The minimum absolute atomic E-state index is 0.155. The van der Waals surface area contributed by atoms with Gasteiger partial charge in [-0.3, -0.25) is 14.4 Å². The van der Waals surface area contributed by atoms with Gasteiger partial charge in [-0.2, -0.15) is 4.98 Å². The van der Waals surface area contributed by atoms with Crippen LogP contribution in [0.15, 0.2) is 42.6 Å². The van der Waals surface area contributed by atoms with Crippen molar-refractivity contribution in [3.8, 4) is 17.4 Å². The summed E-state index contributed by atoms with van der Waals surface area (Å²) in [5.74, 6) is 0.583. The molecule has 14 nitrogen and oxygen atoms in total. The maximum atomic E-state index is 13.5. The van der Waals surface area contributed by atoms with Crippen molar-refractivity contribution in [2.24, 2.45) is 0 Å². The monoisotopic (exact) mass is 718 g/mol. The van der Waals surface area contributed by atoms with Gasteiger partial charge in [0, 0.05) is 44.0 Å². The average Bonchev–Trinajstić information content (AvgIpc) is 2.97. The predicted octanol–water partition coefficient (Wildman–Crippen LogP) is 5.84. The van der Waals surface area contributed by atoms with Crippen molar-refractivity contribution in [2.75, 3.05) is 49.6 Å². The molecule has 4 rings (SSSR count). The van der Waals surface area contributed by atoms with Gasteiger partial charge in [0.05, 0.1) is 36.3 Å². The molecule has 0 radical (unpaired) electrons. The summed E-state index contributed by atoms with van der Waals surface area (Å²) < 4.78 is 43.4. The molecule has 0 aliphatic carbocycles. The number of carbonyl (C=O) groups excluding carboxylic acids is 2. The molecule has 1 fully saturated rings. The van der Waals surface area contributed by atoms with Crippen molar-refractivity contribution in [1.82, 2.24) is 19.9 Å². The van der Waals surface area contributed by atoms with Crippen molar-refractivity contribution >= 4 is 45.1 Å². The van der Waals surface area contributed by atoms with Crippen LogP contribution in [0, 0.1) is 0 Å². The Morgan fingerprint density at radius 1 is 0.980 bits per heavy atom. The summed E-state index contributed by atoms with van der Waals surface area (Å²) in [7, 11) is -2.25. The summed E-state index contributed by atoms with van der Waals surface area (Å²) in [6, 6.07) is 9.57. The first-order valence-corrected chi connectivity index (χ1v) is 17.8. The van der Waals surface area contributed by atoms with Crippen LogP contribution in [-0.4, -0.2) is 85.6 Å². The average molecular weight is 719 g/mol. The number of rotatable bonds is 10. The number of carbonyl (C=O) groups is 2. The van der Waals surface area contributed by atoms with Crippen molar-refractivity contribution < 1.29 is 37.1 Å². The Morgan fingerprint density at radius 3 is 2.27 bits per heavy atom. The van der Waals surface area contributed by atoms with Crippen molar-refractivity contribution in [2.45, 2.75) is 59.1 Å². The summed E-state index contributed by atoms with van der Waals surface area (Å²) in [6.45, 7) is 13.8. The highest BCUT2D eigenvalue weighted by molar-refractivity contribution is 7.92. The number of sulfonamides is 1. The Morgan fingerprint density at radius 2 is 1.65 bits per heavy atom. The third kappa shape index (κ3) is 11.2. The number of methoxy groups -OCH3 is 1. The Bertz CT molecular complexity index is 1780. The van der Waals surface area contributed by atoms with Gasteiger partial charge in [-0.15, -0.1) is 5.06 Å². The number of ether oxygens (including phenoxy) is 3. The number of hydrogen-bond donors (Lipinski definition) is 2. The van der Waals surface area contributed by atoms with E-state index in [0.29, 0.717) is 38.5 Å². The molecule has 0 atom stereocenters. The van der Waals surface area contributed by atoms with Crippen LogP contribution < -0.4 is 19.5 Å². The number of hydrogen-bond acceptors (Lipinski definition) is 12. The second-order valence-electron chi connectivity index (χ2n) is 13.5. The summed E-state index contributed by atoms with van der Waals surface area (Å²) in [5, 5.41) is 4.66. The molecule has 1 aliphatic heterocycles. The number of nitrogens with zero attached hydrogens (tertiary/aromatic N) is 4. The van der Waals surface area contributed by atoms with Gasteiger partial charge in [0.15, 0.2) is 5.75 Å². The minimum atomic E-state index is -3.64. The Labute approximate surface area is 292 Å². The van der Waals surface area contributed by atoms with Crippen LogP contribution in [0.3, 0.4) is 0 Å². The SMILES string of the molecule is COc1c(NC(=O)c2ccc(Cl)c(Oc3ccnc(CN4CCN(OC(=O)OC(C)(C)C)CC4)n3)c2)cc(C(C)(C)C)cc1NS(C)(=O)=O. The molecule has 1 amide bonds. The number of aromatic nitrogens is 2. The molecule has 1 aliphatic rings. The molecule has 0 unspecified atom stereocenters. The molecular weight excluding hydrogens is 676 g/mol. The van der Waals surface area contributed by atoms with Crippen molar-refractivity contribution in [3.05, 3.63) is 64.6 Å². The highest BCUT2D eigenvalue weighted by atomic mass is 35.5. The lowest BCUT2D eigenvalue weighted by molar-refractivity contribution is -0.158. The smallest absolute Gasteiger partial charge is 0.492 e. The van der Waals surface area contributed by atoms with Crippen LogP contribution in [-0.2, 0) is 31.6 Å². The zero-order valence-corrected chi connectivity index (χ0v) is 30.5. The molecule has 2 heterocycles. The molecule has 0 spiro atoms. The van der Waals surface area contributed by atoms with Gasteiger partial charge in [-0.25, -0.2) is 18.2 Å². The van der Waals surface area contributed by atoms with Crippen LogP contribution >= 0.6 is 11.6 Å². The molecule has 16 heteroatoms. The van der Waals surface area contributed by atoms with E-state index in [0.717, 1.165) is 11.8 Å².